The highest BCUT2D eigenvalue weighted by atomic mass is 16.5. The Labute approximate surface area is 168 Å². The van der Waals surface area contributed by atoms with Gasteiger partial charge in [-0.3, -0.25) is 4.90 Å². The van der Waals surface area contributed by atoms with Gasteiger partial charge in [0.25, 0.3) is 0 Å². The van der Waals surface area contributed by atoms with Crippen molar-refractivity contribution in [3.63, 3.8) is 0 Å². The van der Waals surface area contributed by atoms with Crippen molar-refractivity contribution in [2.24, 2.45) is 0 Å². The third-order valence-electron chi connectivity index (χ3n) is 4.91. The van der Waals surface area contributed by atoms with Gasteiger partial charge in [-0.25, -0.2) is 0 Å². The van der Waals surface area contributed by atoms with Crippen LogP contribution in [-0.2, 0) is 17.9 Å². The second-order valence-electron chi connectivity index (χ2n) is 7.03. The first-order valence-corrected chi connectivity index (χ1v) is 9.82. The van der Waals surface area contributed by atoms with E-state index in [1.54, 1.807) is 14.2 Å². The molecule has 0 aliphatic rings. The molecule has 2 rings (SSSR count). The van der Waals surface area contributed by atoms with E-state index in [0.29, 0.717) is 25.8 Å². The highest BCUT2D eigenvalue weighted by Gasteiger charge is 2.18. The van der Waals surface area contributed by atoms with Crippen molar-refractivity contribution in [2.45, 2.75) is 45.6 Å². The molecule has 0 aliphatic carbocycles. The number of benzene rings is 2. The van der Waals surface area contributed by atoms with Gasteiger partial charge in [-0.1, -0.05) is 43.3 Å². The first-order chi connectivity index (χ1) is 13.6. The molecule has 0 aliphatic heterocycles. The summed E-state index contributed by atoms with van der Waals surface area (Å²) in [5.74, 6) is 1.44. The number of methoxy groups -OCH3 is 2. The molecule has 0 heterocycles. The predicted octanol–water partition coefficient (Wildman–Crippen LogP) is 3.88. The molecule has 0 saturated heterocycles. The molecule has 2 atom stereocenters. The number of rotatable bonds is 12. The van der Waals surface area contributed by atoms with Crippen LogP contribution in [0.25, 0.3) is 0 Å². The fourth-order valence-corrected chi connectivity index (χ4v) is 3.08. The summed E-state index contributed by atoms with van der Waals surface area (Å²) in [6.45, 7) is 6.44. The fraction of sp³-hybridized carbons (Fsp3) is 0.478. The molecule has 0 radical (unpaired) electrons. The van der Waals surface area contributed by atoms with Crippen LogP contribution in [0.1, 0.15) is 31.4 Å². The number of aliphatic hydroxyl groups excluding tert-OH is 1. The Bertz CT molecular complexity index is 692. The monoisotopic (exact) mass is 387 g/mol. The van der Waals surface area contributed by atoms with E-state index in [2.05, 4.69) is 18.7 Å². The molecule has 2 aromatic carbocycles. The molecule has 154 valence electrons. The van der Waals surface area contributed by atoms with Crippen molar-refractivity contribution in [3.8, 4) is 11.5 Å². The Morgan fingerprint density at radius 3 is 2.32 bits per heavy atom. The summed E-state index contributed by atoms with van der Waals surface area (Å²) in [6, 6.07) is 16.3. The summed E-state index contributed by atoms with van der Waals surface area (Å²) in [5, 5.41) is 10.5. The van der Waals surface area contributed by atoms with Crippen LogP contribution in [-0.4, -0.2) is 49.5 Å². The van der Waals surface area contributed by atoms with E-state index in [4.69, 9.17) is 14.2 Å². The van der Waals surface area contributed by atoms with Crippen molar-refractivity contribution in [1.82, 2.24) is 4.90 Å². The lowest BCUT2D eigenvalue weighted by atomic mass is 10.1. The Balaban J connectivity index is 1.93. The lowest BCUT2D eigenvalue weighted by Gasteiger charge is -2.30. The van der Waals surface area contributed by atoms with Crippen molar-refractivity contribution < 1.29 is 19.3 Å². The van der Waals surface area contributed by atoms with Gasteiger partial charge >= 0.3 is 0 Å². The maximum Gasteiger partial charge on any atom is 0.161 e. The maximum absolute atomic E-state index is 10.5. The second kappa shape index (κ2) is 11.7. The summed E-state index contributed by atoms with van der Waals surface area (Å²) < 4.78 is 16.4. The number of hydrogen-bond donors (Lipinski definition) is 1. The Kier molecular flexibility index (Phi) is 9.28. The summed E-state index contributed by atoms with van der Waals surface area (Å²) in [7, 11) is 3.27. The summed E-state index contributed by atoms with van der Waals surface area (Å²) in [6.07, 6.45) is 0.461. The molecule has 0 fully saturated rings. The summed E-state index contributed by atoms with van der Waals surface area (Å²) in [4.78, 5) is 2.28. The van der Waals surface area contributed by atoms with E-state index in [1.165, 1.54) is 0 Å². The zero-order chi connectivity index (χ0) is 20.4. The zero-order valence-corrected chi connectivity index (χ0v) is 17.4. The van der Waals surface area contributed by atoms with Gasteiger partial charge in [0.15, 0.2) is 11.5 Å². The first kappa shape index (κ1) is 22.2. The molecule has 5 heteroatoms. The van der Waals surface area contributed by atoms with Gasteiger partial charge in [0, 0.05) is 19.1 Å². The van der Waals surface area contributed by atoms with Gasteiger partial charge < -0.3 is 19.3 Å². The Morgan fingerprint density at radius 1 is 0.964 bits per heavy atom. The topological polar surface area (TPSA) is 51.2 Å². The van der Waals surface area contributed by atoms with Crippen LogP contribution in [0.2, 0.25) is 0 Å². The van der Waals surface area contributed by atoms with Crippen molar-refractivity contribution in [1.29, 1.82) is 0 Å². The minimum atomic E-state index is -0.544. The van der Waals surface area contributed by atoms with Gasteiger partial charge in [0.05, 0.1) is 33.5 Å². The molecule has 0 amide bonds. The van der Waals surface area contributed by atoms with Crippen LogP contribution in [0.15, 0.2) is 48.5 Å². The van der Waals surface area contributed by atoms with Crippen molar-refractivity contribution in [2.75, 3.05) is 27.4 Å². The molecule has 1 N–H and O–H groups in total. The highest BCUT2D eigenvalue weighted by Crippen LogP contribution is 2.28. The normalized spacial score (nSPS) is 13.4. The molecule has 0 bridgehead atoms. The van der Waals surface area contributed by atoms with Crippen LogP contribution in [0.3, 0.4) is 0 Å². The van der Waals surface area contributed by atoms with Crippen molar-refractivity contribution in [3.05, 3.63) is 59.7 Å². The van der Waals surface area contributed by atoms with E-state index in [9.17, 15) is 5.11 Å². The first-order valence-electron chi connectivity index (χ1n) is 9.82. The molecule has 0 spiro atoms. The van der Waals surface area contributed by atoms with Gasteiger partial charge in [-0.2, -0.15) is 0 Å². The van der Waals surface area contributed by atoms with Crippen molar-refractivity contribution >= 4 is 0 Å². The SMILES string of the molecule is CCC(C)N(Cc1ccc(OC)c(OC)c1)CC(O)COCc1ccccc1. The second-order valence-corrected chi connectivity index (χ2v) is 7.03. The molecule has 0 saturated carbocycles. The van der Waals surface area contributed by atoms with E-state index in [-0.39, 0.29) is 0 Å². The molecule has 2 aromatic rings. The molecule has 2 unspecified atom stereocenters. The van der Waals surface area contributed by atoms with Gasteiger partial charge in [0.1, 0.15) is 0 Å². The summed E-state index contributed by atoms with van der Waals surface area (Å²) in [5.41, 5.74) is 2.23. The largest absolute Gasteiger partial charge is 0.493 e. The Hall–Kier alpha value is -2.08. The fourth-order valence-electron chi connectivity index (χ4n) is 3.08. The van der Waals surface area contributed by atoms with Crippen LogP contribution in [0, 0.1) is 0 Å². The third kappa shape index (κ3) is 6.82. The third-order valence-corrected chi connectivity index (χ3v) is 4.91. The lowest BCUT2D eigenvalue weighted by Crippen LogP contribution is -2.39. The van der Waals surface area contributed by atoms with Gasteiger partial charge in [-0.05, 0) is 36.6 Å². The van der Waals surface area contributed by atoms with Crippen LogP contribution < -0.4 is 9.47 Å². The van der Waals surface area contributed by atoms with Gasteiger partial charge in [0.2, 0.25) is 0 Å². The van der Waals surface area contributed by atoms with E-state index < -0.39 is 6.10 Å². The van der Waals surface area contributed by atoms with E-state index in [0.717, 1.165) is 35.6 Å². The minimum Gasteiger partial charge on any atom is -0.493 e. The van der Waals surface area contributed by atoms with E-state index in [1.807, 2.05) is 48.5 Å². The number of aliphatic hydroxyl groups is 1. The highest BCUT2D eigenvalue weighted by molar-refractivity contribution is 5.42. The minimum absolute atomic E-state index is 0.313. The van der Waals surface area contributed by atoms with Crippen LogP contribution in [0.5, 0.6) is 11.5 Å². The average Bonchev–Trinajstić information content (AvgIpc) is 2.73. The number of nitrogens with zero attached hydrogens (tertiary/aromatic N) is 1. The lowest BCUT2D eigenvalue weighted by molar-refractivity contribution is 0.00144. The van der Waals surface area contributed by atoms with Crippen LogP contribution in [0.4, 0.5) is 0 Å². The summed E-state index contributed by atoms with van der Waals surface area (Å²) >= 11 is 0. The van der Waals surface area contributed by atoms with E-state index >= 15 is 0 Å². The standard InChI is InChI=1S/C23H33NO4/c1-5-18(2)24(14-20-11-12-22(26-3)23(13-20)27-4)15-21(25)17-28-16-19-9-7-6-8-10-19/h6-13,18,21,25H,5,14-17H2,1-4H3. The predicted molar refractivity (Wildman–Crippen MR) is 112 cm³/mol. The number of hydrogen-bond acceptors (Lipinski definition) is 5. The molecule has 5 nitrogen and oxygen atoms in total. The van der Waals surface area contributed by atoms with Gasteiger partial charge in [-0.15, -0.1) is 0 Å². The van der Waals surface area contributed by atoms with Crippen LogP contribution >= 0.6 is 0 Å². The smallest absolute Gasteiger partial charge is 0.161 e. The Morgan fingerprint density at radius 2 is 1.68 bits per heavy atom. The maximum atomic E-state index is 10.5. The quantitative estimate of drug-likeness (QED) is 0.599. The molecule has 0 aromatic heterocycles. The molecular formula is C23H33NO4. The zero-order valence-electron chi connectivity index (χ0n) is 17.4. The molecular weight excluding hydrogens is 354 g/mol. The number of ether oxygens (including phenoxy) is 3. The molecule has 28 heavy (non-hydrogen) atoms. The average molecular weight is 388 g/mol.